The van der Waals surface area contributed by atoms with Crippen LogP contribution >= 0.6 is 11.3 Å². The quantitative estimate of drug-likeness (QED) is 0.922. The summed E-state index contributed by atoms with van der Waals surface area (Å²) in [5.74, 6) is 0.0506. The highest BCUT2D eigenvalue weighted by molar-refractivity contribution is 7.15. The van der Waals surface area contributed by atoms with Gasteiger partial charge in [-0.3, -0.25) is 4.79 Å². The molecule has 0 aromatic carbocycles. The number of carbonyl (C=O) groups is 1. The second kappa shape index (κ2) is 6.03. The monoisotopic (exact) mass is 304 g/mol. The summed E-state index contributed by atoms with van der Waals surface area (Å²) in [6.07, 6.45) is 7.18. The number of hydrogen-bond acceptors (Lipinski definition) is 3. The number of thiophene rings is 1. The van der Waals surface area contributed by atoms with Crippen molar-refractivity contribution in [2.24, 2.45) is 0 Å². The summed E-state index contributed by atoms with van der Waals surface area (Å²) in [6, 6.07) is 3.95. The van der Waals surface area contributed by atoms with Gasteiger partial charge in [-0.1, -0.05) is 0 Å². The lowest BCUT2D eigenvalue weighted by Crippen LogP contribution is -2.34. The van der Waals surface area contributed by atoms with Gasteiger partial charge in [0.15, 0.2) is 0 Å². The first-order chi connectivity index (χ1) is 10.3. The van der Waals surface area contributed by atoms with Crippen LogP contribution in [0.4, 0.5) is 0 Å². The Kier molecular flexibility index (Phi) is 4.12. The SMILES string of the molecule is CCN(CCO)C(=O)c1c(-n2cccc2)sc2c1CCC2. The first kappa shape index (κ1) is 14.4. The number of rotatable bonds is 5. The fraction of sp³-hybridized carbons (Fsp3) is 0.438. The lowest BCUT2D eigenvalue weighted by molar-refractivity contribution is 0.0731. The number of aliphatic hydroxyl groups is 1. The highest BCUT2D eigenvalue weighted by Crippen LogP contribution is 2.38. The van der Waals surface area contributed by atoms with Crippen molar-refractivity contribution in [1.82, 2.24) is 9.47 Å². The maximum absolute atomic E-state index is 12.9. The fourth-order valence-electron chi connectivity index (χ4n) is 2.94. The standard InChI is InChI=1S/C16H20N2O2S/c1-2-17(10-11-19)15(20)14-12-6-5-7-13(12)21-16(14)18-8-3-4-9-18/h3-4,8-9,19H,2,5-7,10-11H2,1H3. The van der Waals surface area contributed by atoms with E-state index in [0.717, 1.165) is 29.8 Å². The van der Waals surface area contributed by atoms with Crippen molar-refractivity contribution in [1.29, 1.82) is 0 Å². The van der Waals surface area contributed by atoms with Crippen LogP contribution in [0.15, 0.2) is 24.5 Å². The Labute approximate surface area is 128 Å². The molecule has 2 aromatic heterocycles. The van der Waals surface area contributed by atoms with Gasteiger partial charge in [0.2, 0.25) is 0 Å². The van der Waals surface area contributed by atoms with Crippen LogP contribution in [-0.2, 0) is 12.8 Å². The molecule has 0 fully saturated rings. The van der Waals surface area contributed by atoms with Crippen molar-refractivity contribution in [2.75, 3.05) is 19.7 Å². The van der Waals surface area contributed by atoms with E-state index in [9.17, 15) is 4.79 Å². The van der Waals surface area contributed by atoms with Gasteiger partial charge in [0.05, 0.1) is 12.2 Å². The number of likely N-dealkylation sites (N-methyl/N-ethyl adjacent to an activating group) is 1. The molecule has 2 aromatic rings. The Bertz CT molecular complexity index is 631. The molecule has 0 bridgehead atoms. The Morgan fingerprint density at radius 1 is 1.38 bits per heavy atom. The average Bonchev–Trinajstić information content (AvgIpc) is 3.17. The third-order valence-electron chi connectivity index (χ3n) is 3.99. The zero-order valence-electron chi connectivity index (χ0n) is 12.2. The molecule has 112 valence electrons. The number of fused-ring (bicyclic) bond motifs is 1. The van der Waals surface area contributed by atoms with Crippen molar-refractivity contribution in [3.8, 4) is 5.00 Å². The molecule has 5 heteroatoms. The Morgan fingerprint density at radius 2 is 2.14 bits per heavy atom. The number of carbonyl (C=O) groups excluding carboxylic acids is 1. The molecule has 0 saturated carbocycles. The number of amides is 1. The molecule has 1 amide bonds. The molecule has 4 nitrogen and oxygen atoms in total. The van der Waals surface area contributed by atoms with Gasteiger partial charge in [0.25, 0.3) is 5.91 Å². The molecule has 1 aliphatic carbocycles. The molecule has 0 atom stereocenters. The van der Waals surface area contributed by atoms with E-state index in [1.807, 2.05) is 36.0 Å². The molecule has 0 unspecified atom stereocenters. The molecule has 21 heavy (non-hydrogen) atoms. The largest absolute Gasteiger partial charge is 0.395 e. The summed E-state index contributed by atoms with van der Waals surface area (Å²) >= 11 is 1.73. The summed E-state index contributed by atoms with van der Waals surface area (Å²) in [5.41, 5.74) is 2.07. The van der Waals surface area contributed by atoms with Crippen LogP contribution in [0.3, 0.4) is 0 Å². The smallest absolute Gasteiger partial charge is 0.257 e. The molecule has 0 radical (unpaired) electrons. The number of hydrogen-bond donors (Lipinski definition) is 1. The molecular weight excluding hydrogens is 284 g/mol. The zero-order valence-corrected chi connectivity index (χ0v) is 13.0. The second-order valence-corrected chi connectivity index (χ2v) is 6.32. The summed E-state index contributed by atoms with van der Waals surface area (Å²) in [7, 11) is 0. The first-order valence-electron chi connectivity index (χ1n) is 7.44. The number of aliphatic hydroxyl groups excluding tert-OH is 1. The molecule has 0 spiro atoms. The van der Waals surface area contributed by atoms with E-state index in [1.54, 1.807) is 16.2 Å². The van der Waals surface area contributed by atoms with Crippen molar-refractivity contribution in [3.05, 3.63) is 40.5 Å². The topological polar surface area (TPSA) is 45.5 Å². The highest BCUT2D eigenvalue weighted by atomic mass is 32.1. The molecule has 1 N–H and O–H groups in total. The minimum atomic E-state index is 0.00472. The predicted molar refractivity (Wildman–Crippen MR) is 84.3 cm³/mol. The fourth-order valence-corrected chi connectivity index (χ4v) is 4.29. The second-order valence-electron chi connectivity index (χ2n) is 5.24. The highest BCUT2D eigenvalue weighted by Gasteiger charge is 2.29. The number of aryl methyl sites for hydroxylation is 1. The van der Waals surface area contributed by atoms with Gasteiger partial charge < -0.3 is 14.6 Å². The lowest BCUT2D eigenvalue weighted by atomic mass is 10.1. The van der Waals surface area contributed by atoms with Crippen LogP contribution in [0.1, 0.15) is 34.1 Å². The summed E-state index contributed by atoms with van der Waals surface area (Å²) in [6.45, 7) is 2.97. The van der Waals surface area contributed by atoms with Crippen molar-refractivity contribution < 1.29 is 9.90 Å². The van der Waals surface area contributed by atoms with Crippen LogP contribution < -0.4 is 0 Å². The first-order valence-corrected chi connectivity index (χ1v) is 8.26. The van der Waals surface area contributed by atoms with Crippen LogP contribution in [-0.4, -0.2) is 40.2 Å². The molecule has 3 rings (SSSR count). The van der Waals surface area contributed by atoms with Gasteiger partial charge in [0.1, 0.15) is 5.00 Å². The van der Waals surface area contributed by atoms with E-state index < -0.39 is 0 Å². The normalized spacial score (nSPS) is 13.4. The lowest BCUT2D eigenvalue weighted by Gasteiger charge is -2.21. The molecular formula is C16H20N2O2S. The van der Waals surface area contributed by atoms with E-state index in [0.29, 0.717) is 13.1 Å². The Hall–Kier alpha value is -1.59. The minimum absolute atomic E-state index is 0.00472. The molecule has 1 aliphatic rings. The summed E-state index contributed by atoms with van der Waals surface area (Å²) in [5, 5.41) is 10.2. The summed E-state index contributed by atoms with van der Waals surface area (Å²) < 4.78 is 2.03. The molecule has 2 heterocycles. The van der Waals surface area contributed by atoms with E-state index in [4.69, 9.17) is 5.11 Å². The Morgan fingerprint density at radius 3 is 2.81 bits per heavy atom. The molecule has 0 saturated heterocycles. The van der Waals surface area contributed by atoms with Gasteiger partial charge in [-0.2, -0.15) is 0 Å². The number of aromatic nitrogens is 1. The zero-order chi connectivity index (χ0) is 14.8. The van der Waals surface area contributed by atoms with Crippen molar-refractivity contribution in [2.45, 2.75) is 26.2 Å². The van der Waals surface area contributed by atoms with Crippen LogP contribution in [0.2, 0.25) is 0 Å². The van der Waals surface area contributed by atoms with Crippen molar-refractivity contribution >= 4 is 17.2 Å². The minimum Gasteiger partial charge on any atom is -0.395 e. The predicted octanol–water partition coefficient (Wildman–Crippen LogP) is 2.48. The van der Waals surface area contributed by atoms with Crippen LogP contribution in [0.25, 0.3) is 5.00 Å². The van der Waals surface area contributed by atoms with Gasteiger partial charge in [0, 0.05) is 30.4 Å². The van der Waals surface area contributed by atoms with E-state index >= 15 is 0 Å². The Balaban J connectivity index is 2.06. The van der Waals surface area contributed by atoms with Gasteiger partial charge in [-0.05, 0) is 43.9 Å². The molecule has 0 aliphatic heterocycles. The van der Waals surface area contributed by atoms with E-state index in [1.165, 1.54) is 10.4 Å². The maximum atomic E-state index is 12.9. The van der Waals surface area contributed by atoms with Crippen LogP contribution in [0.5, 0.6) is 0 Å². The average molecular weight is 304 g/mol. The summed E-state index contributed by atoms with van der Waals surface area (Å²) in [4.78, 5) is 16.0. The number of nitrogens with zero attached hydrogens (tertiary/aromatic N) is 2. The maximum Gasteiger partial charge on any atom is 0.257 e. The van der Waals surface area contributed by atoms with Crippen LogP contribution in [0, 0.1) is 0 Å². The van der Waals surface area contributed by atoms with Gasteiger partial charge in [-0.15, -0.1) is 11.3 Å². The third-order valence-corrected chi connectivity index (χ3v) is 5.30. The van der Waals surface area contributed by atoms with Gasteiger partial charge >= 0.3 is 0 Å². The van der Waals surface area contributed by atoms with E-state index in [-0.39, 0.29) is 12.5 Å². The van der Waals surface area contributed by atoms with Crippen molar-refractivity contribution in [3.63, 3.8) is 0 Å². The van der Waals surface area contributed by atoms with E-state index in [2.05, 4.69) is 0 Å². The third kappa shape index (κ3) is 2.51. The van der Waals surface area contributed by atoms with Gasteiger partial charge in [-0.25, -0.2) is 0 Å².